The summed E-state index contributed by atoms with van der Waals surface area (Å²) >= 11 is 0. The lowest BCUT2D eigenvalue weighted by atomic mass is 10.0. The van der Waals surface area contributed by atoms with Gasteiger partial charge in [0.05, 0.1) is 12.2 Å². The summed E-state index contributed by atoms with van der Waals surface area (Å²) in [6, 6.07) is 16.4. The highest BCUT2D eigenvalue weighted by atomic mass is 16.2. The lowest BCUT2D eigenvalue weighted by Crippen LogP contribution is -2.43. The van der Waals surface area contributed by atoms with Gasteiger partial charge in [0.2, 0.25) is 5.91 Å². The monoisotopic (exact) mass is 292 g/mol. The van der Waals surface area contributed by atoms with E-state index in [0.29, 0.717) is 13.0 Å². The Morgan fingerprint density at radius 3 is 2.64 bits per heavy atom. The molecule has 0 aliphatic carbocycles. The van der Waals surface area contributed by atoms with E-state index in [2.05, 4.69) is 37.5 Å². The maximum absolute atomic E-state index is 12.2. The van der Waals surface area contributed by atoms with Gasteiger partial charge in [-0.05, 0) is 36.6 Å². The minimum absolute atomic E-state index is 0.0978. The molecule has 0 unspecified atom stereocenters. The number of carbonyl (C=O) groups is 1. The summed E-state index contributed by atoms with van der Waals surface area (Å²) in [7, 11) is 0. The van der Waals surface area contributed by atoms with Gasteiger partial charge in [0.15, 0.2) is 0 Å². The predicted molar refractivity (Wildman–Crippen MR) is 88.6 cm³/mol. The van der Waals surface area contributed by atoms with Gasteiger partial charge in [0.1, 0.15) is 0 Å². The third-order valence-corrected chi connectivity index (χ3v) is 3.96. The van der Waals surface area contributed by atoms with Gasteiger partial charge in [0.25, 0.3) is 0 Å². The van der Waals surface area contributed by atoms with Crippen molar-refractivity contribution in [2.45, 2.75) is 26.8 Å². The van der Waals surface area contributed by atoms with Gasteiger partial charge < -0.3 is 0 Å². The van der Waals surface area contributed by atoms with E-state index >= 15 is 0 Å². The van der Waals surface area contributed by atoms with Gasteiger partial charge in [-0.3, -0.25) is 15.2 Å². The van der Waals surface area contributed by atoms with Crippen LogP contribution in [0.1, 0.15) is 28.7 Å². The lowest BCUT2D eigenvalue weighted by molar-refractivity contribution is -0.133. The molecule has 3 rings (SSSR count). The highest BCUT2D eigenvalue weighted by Crippen LogP contribution is 2.20. The largest absolute Gasteiger partial charge is 0.295 e. The van der Waals surface area contributed by atoms with Crippen LogP contribution in [0.15, 0.2) is 54.6 Å². The fraction of sp³-hybridized carbons (Fsp3) is 0.211. The molecule has 2 aromatic rings. The van der Waals surface area contributed by atoms with Crippen LogP contribution in [0.4, 0.5) is 0 Å². The van der Waals surface area contributed by atoms with Crippen molar-refractivity contribution in [2.75, 3.05) is 0 Å². The summed E-state index contributed by atoms with van der Waals surface area (Å²) in [5.41, 5.74) is 8.94. The molecular formula is C19H20N2O. The van der Waals surface area contributed by atoms with Crippen LogP contribution in [-0.4, -0.2) is 10.9 Å². The molecule has 1 aliphatic rings. The molecule has 0 spiro atoms. The average Bonchev–Trinajstić information content (AvgIpc) is 2.54. The lowest BCUT2D eigenvalue weighted by Gasteiger charge is -2.30. The molecule has 1 aliphatic heterocycles. The number of rotatable bonds is 3. The van der Waals surface area contributed by atoms with Crippen LogP contribution in [0.2, 0.25) is 0 Å². The van der Waals surface area contributed by atoms with Crippen LogP contribution < -0.4 is 5.43 Å². The van der Waals surface area contributed by atoms with Gasteiger partial charge in [-0.2, -0.15) is 0 Å². The highest BCUT2D eigenvalue weighted by Gasteiger charge is 2.20. The molecule has 0 aromatic heterocycles. The second-order valence-electron chi connectivity index (χ2n) is 5.71. The topological polar surface area (TPSA) is 32.3 Å². The third-order valence-electron chi connectivity index (χ3n) is 3.96. The molecule has 2 aromatic carbocycles. The summed E-state index contributed by atoms with van der Waals surface area (Å²) in [5.74, 6) is 0.0978. The Labute approximate surface area is 131 Å². The second kappa shape index (κ2) is 6.06. The summed E-state index contributed by atoms with van der Waals surface area (Å²) in [6.07, 6.45) is 2.39. The molecule has 1 N–H and O–H groups in total. The van der Waals surface area contributed by atoms with Crippen molar-refractivity contribution in [3.63, 3.8) is 0 Å². The van der Waals surface area contributed by atoms with Gasteiger partial charge in [0, 0.05) is 6.42 Å². The summed E-state index contributed by atoms with van der Waals surface area (Å²) in [5, 5.41) is 1.71. The number of carbonyl (C=O) groups excluding carboxylic acids is 1. The number of hydrogen-bond donors (Lipinski definition) is 1. The Bertz CT molecular complexity index is 719. The summed E-state index contributed by atoms with van der Waals surface area (Å²) in [4.78, 5) is 12.2. The van der Waals surface area contributed by atoms with Gasteiger partial charge in [-0.1, -0.05) is 54.1 Å². The van der Waals surface area contributed by atoms with E-state index in [9.17, 15) is 4.79 Å². The first-order valence-electron chi connectivity index (χ1n) is 7.52. The maximum atomic E-state index is 12.2. The Morgan fingerprint density at radius 1 is 1.09 bits per heavy atom. The Morgan fingerprint density at radius 2 is 1.86 bits per heavy atom. The van der Waals surface area contributed by atoms with Crippen LogP contribution in [0.3, 0.4) is 0 Å². The van der Waals surface area contributed by atoms with Crippen LogP contribution >= 0.6 is 0 Å². The Hall–Kier alpha value is -2.55. The number of nitrogens with one attached hydrogen (secondary N) is 1. The normalized spacial score (nSPS) is 14.5. The third kappa shape index (κ3) is 3.03. The Kier molecular flexibility index (Phi) is 3.96. The number of hydrazine groups is 1. The predicted octanol–water partition coefficient (Wildman–Crippen LogP) is 3.58. The molecule has 1 amide bonds. The molecule has 0 bridgehead atoms. The van der Waals surface area contributed by atoms with Crippen LogP contribution in [0.5, 0.6) is 0 Å². The van der Waals surface area contributed by atoms with Crippen molar-refractivity contribution < 1.29 is 4.79 Å². The highest BCUT2D eigenvalue weighted by molar-refractivity contribution is 5.83. The van der Waals surface area contributed by atoms with E-state index in [1.165, 1.54) is 16.7 Å². The second-order valence-corrected chi connectivity index (χ2v) is 5.71. The quantitative estimate of drug-likeness (QED) is 0.937. The number of aryl methyl sites for hydroxylation is 2. The van der Waals surface area contributed by atoms with Crippen molar-refractivity contribution in [3.8, 4) is 0 Å². The van der Waals surface area contributed by atoms with Gasteiger partial charge >= 0.3 is 0 Å². The first-order valence-corrected chi connectivity index (χ1v) is 7.52. The van der Waals surface area contributed by atoms with E-state index in [1.54, 1.807) is 5.01 Å². The molecule has 0 fully saturated rings. The maximum Gasteiger partial charge on any atom is 0.245 e. The van der Waals surface area contributed by atoms with Crippen LogP contribution in [0.25, 0.3) is 5.70 Å². The molecule has 0 radical (unpaired) electrons. The number of nitrogens with zero attached hydrogens (tertiary/aromatic N) is 1. The van der Waals surface area contributed by atoms with Crippen molar-refractivity contribution in [1.29, 1.82) is 0 Å². The fourth-order valence-electron chi connectivity index (χ4n) is 2.62. The SMILES string of the molecule is Cc1ccc(C)c(CN2NC(c3ccccc3)=CCC2=O)c1. The van der Waals surface area contributed by atoms with Crippen LogP contribution in [-0.2, 0) is 11.3 Å². The fourth-order valence-corrected chi connectivity index (χ4v) is 2.62. The Balaban J connectivity index is 1.81. The standard InChI is InChI=1S/C19H20N2O/c1-14-8-9-15(2)17(12-14)13-21-19(22)11-10-18(20-21)16-6-4-3-5-7-16/h3-10,12,20H,11,13H2,1-2H3. The number of hydrogen-bond acceptors (Lipinski definition) is 2. The number of amides is 1. The van der Waals surface area contributed by atoms with Crippen molar-refractivity contribution in [2.24, 2.45) is 0 Å². The zero-order valence-corrected chi connectivity index (χ0v) is 13.0. The molecule has 0 atom stereocenters. The molecule has 0 saturated heterocycles. The molecular weight excluding hydrogens is 272 g/mol. The minimum Gasteiger partial charge on any atom is -0.295 e. The summed E-state index contributed by atoms with van der Waals surface area (Å²) < 4.78 is 0. The molecule has 1 heterocycles. The minimum atomic E-state index is 0.0978. The molecule has 22 heavy (non-hydrogen) atoms. The zero-order valence-electron chi connectivity index (χ0n) is 13.0. The molecule has 3 nitrogen and oxygen atoms in total. The molecule has 3 heteroatoms. The van der Waals surface area contributed by atoms with E-state index in [-0.39, 0.29) is 5.91 Å². The van der Waals surface area contributed by atoms with Crippen molar-refractivity contribution in [3.05, 3.63) is 76.9 Å². The molecule has 112 valence electrons. The average molecular weight is 292 g/mol. The van der Waals surface area contributed by atoms with E-state index in [0.717, 1.165) is 11.3 Å². The van der Waals surface area contributed by atoms with Crippen LogP contribution in [0, 0.1) is 13.8 Å². The van der Waals surface area contributed by atoms with Crippen molar-refractivity contribution >= 4 is 11.6 Å². The van der Waals surface area contributed by atoms with E-state index in [4.69, 9.17) is 0 Å². The number of benzene rings is 2. The first kappa shape index (κ1) is 14.4. The summed E-state index contributed by atoms with van der Waals surface area (Å²) in [6.45, 7) is 4.73. The zero-order chi connectivity index (χ0) is 15.5. The van der Waals surface area contributed by atoms with Gasteiger partial charge in [-0.25, -0.2) is 0 Å². The molecule has 0 saturated carbocycles. The van der Waals surface area contributed by atoms with Crippen molar-refractivity contribution in [1.82, 2.24) is 10.4 Å². The van der Waals surface area contributed by atoms with E-state index < -0.39 is 0 Å². The van der Waals surface area contributed by atoms with Gasteiger partial charge in [-0.15, -0.1) is 0 Å². The smallest absolute Gasteiger partial charge is 0.245 e. The van der Waals surface area contributed by atoms with E-state index in [1.807, 2.05) is 36.4 Å². The first-order chi connectivity index (χ1) is 10.6.